The van der Waals surface area contributed by atoms with E-state index in [-0.39, 0.29) is 22.7 Å². The van der Waals surface area contributed by atoms with Gasteiger partial charge in [0.25, 0.3) is 5.56 Å². The predicted octanol–water partition coefficient (Wildman–Crippen LogP) is 3.48. The van der Waals surface area contributed by atoms with Gasteiger partial charge in [-0.1, -0.05) is 12.1 Å². The molecular weight excluding hydrogens is 478 g/mol. The number of piperidine rings is 1. The highest BCUT2D eigenvalue weighted by atomic mass is 35.5. The predicted molar refractivity (Wildman–Crippen MR) is 137 cm³/mol. The molecule has 3 aromatic rings. The minimum absolute atomic E-state index is 0.136. The second-order valence-corrected chi connectivity index (χ2v) is 10.4. The molecule has 2 N–H and O–H groups in total. The Morgan fingerprint density at radius 3 is 2.81 bits per heavy atom. The Labute approximate surface area is 214 Å². The number of carbonyl (C=O) groups is 1. The molecule has 0 amide bonds. The lowest BCUT2D eigenvalue weighted by atomic mass is 9.84. The van der Waals surface area contributed by atoms with Crippen molar-refractivity contribution < 1.29 is 9.53 Å². The zero-order chi connectivity index (χ0) is 24.9. The second kappa shape index (κ2) is 9.01. The van der Waals surface area contributed by atoms with Crippen LogP contribution >= 0.6 is 11.6 Å². The highest BCUT2D eigenvalue weighted by Crippen LogP contribution is 2.44. The van der Waals surface area contributed by atoms with Crippen LogP contribution in [-0.2, 0) is 29.7 Å². The molecule has 186 valence electrons. The number of fused-ring (bicyclic) bond motifs is 3. The summed E-state index contributed by atoms with van der Waals surface area (Å²) in [4.78, 5) is 38.6. The molecule has 1 saturated heterocycles. The number of esters is 1. The molecule has 1 aromatic carbocycles. The zero-order valence-electron chi connectivity index (χ0n) is 20.1. The zero-order valence-corrected chi connectivity index (χ0v) is 20.9. The molecule has 2 aromatic heterocycles. The van der Waals surface area contributed by atoms with Crippen molar-refractivity contribution in [2.75, 3.05) is 25.0 Å². The molecule has 8 nitrogen and oxygen atoms in total. The fourth-order valence-corrected chi connectivity index (χ4v) is 6.00. The third-order valence-electron chi connectivity index (χ3n) is 7.79. The number of H-pyrrole nitrogens is 1. The lowest BCUT2D eigenvalue weighted by molar-refractivity contribution is -0.0241. The van der Waals surface area contributed by atoms with E-state index in [9.17, 15) is 9.59 Å². The van der Waals surface area contributed by atoms with E-state index in [2.05, 4.69) is 44.5 Å². The van der Waals surface area contributed by atoms with Crippen molar-refractivity contribution in [1.29, 1.82) is 0 Å². The molecule has 3 aliphatic rings. The number of pyridine rings is 1. The van der Waals surface area contributed by atoms with Crippen LogP contribution in [0.3, 0.4) is 0 Å². The second-order valence-electron chi connectivity index (χ2n) is 10.0. The molecule has 0 bridgehead atoms. The van der Waals surface area contributed by atoms with Gasteiger partial charge in [-0.3, -0.25) is 14.8 Å². The minimum atomic E-state index is -0.470. The van der Waals surface area contributed by atoms with E-state index in [1.54, 1.807) is 0 Å². The van der Waals surface area contributed by atoms with Crippen molar-refractivity contribution >= 4 is 23.3 Å². The van der Waals surface area contributed by atoms with E-state index in [0.717, 1.165) is 66.1 Å². The number of aromatic nitrogens is 3. The molecule has 1 unspecified atom stereocenters. The third kappa shape index (κ3) is 4.08. The topological polar surface area (TPSA) is 100 Å². The number of ether oxygens (including phenoxy) is 1. The van der Waals surface area contributed by atoms with Crippen molar-refractivity contribution in [2.24, 2.45) is 0 Å². The van der Waals surface area contributed by atoms with Crippen molar-refractivity contribution in [3.63, 3.8) is 0 Å². The number of nitrogens with zero attached hydrogens (tertiary/aromatic N) is 3. The highest BCUT2D eigenvalue weighted by Gasteiger charge is 2.46. The van der Waals surface area contributed by atoms with Crippen molar-refractivity contribution in [1.82, 2.24) is 20.3 Å². The summed E-state index contributed by atoms with van der Waals surface area (Å²) in [5, 5.41) is 3.48. The van der Waals surface area contributed by atoms with Gasteiger partial charge in [-0.2, -0.15) is 0 Å². The number of anilines is 1. The van der Waals surface area contributed by atoms with Crippen LogP contribution in [0.5, 0.6) is 0 Å². The van der Waals surface area contributed by atoms with E-state index in [1.807, 2.05) is 19.3 Å². The molecule has 1 fully saturated rings. The summed E-state index contributed by atoms with van der Waals surface area (Å²) >= 11 is 5.96. The lowest BCUT2D eigenvalue weighted by Crippen LogP contribution is -2.39. The molecule has 1 atom stereocenters. The summed E-state index contributed by atoms with van der Waals surface area (Å²) < 4.78 is 5.88. The van der Waals surface area contributed by atoms with Crippen molar-refractivity contribution in [2.45, 2.75) is 50.2 Å². The van der Waals surface area contributed by atoms with Crippen LogP contribution in [-0.4, -0.2) is 41.1 Å². The Hall–Kier alpha value is -3.23. The summed E-state index contributed by atoms with van der Waals surface area (Å²) in [7, 11) is 2.02. The summed E-state index contributed by atoms with van der Waals surface area (Å²) in [5.74, 6) is -0.0142. The van der Waals surface area contributed by atoms with Gasteiger partial charge in [-0.25, -0.2) is 9.78 Å². The standard InChI is InChI=1S/C27H28ClN5O3/c1-33(18-4-6-21-20(13-18)25(35)36-27(21)8-10-29-11-9-27)15-16-2-7-22(30-14-16)17-3-5-19-23(12-17)31-26(28)32-24(19)34/h2,4,6-7,13-14,17,29H,3,5,8-12,15H2,1H3,(H,31,32,34). The molecule has 2 aliphatic heterocycles. The van der Waals surface area contributed by atoms with Crippen molar-refractivity contribution in [3.05, 3.63) is 85.8 Å². The molecule has 6 rings (SSSR count). The Bertz CT molecular complexity index is 1380. The van der Waals surface area contributed by atoms with Gasteiger partial charge in [-0.05, 0) is 67.7 Å². The first kappa shape index (κ1) is 23.2. The Balaban J connectivity index is 1.16. The maximum absolute atomic E-state index is 12.7. The number of carbonyl (C=O) groups excluding carboxylic acids is 1. The quantitative estimate of drug-likeness (QED) is 0.413. The van der Waals surface area contributed by atoms with Gasteiger partial charge < -0.3 is 15.0 Å². The third-order valence-corrected chi connectivity index (χ3v) is 7.97. The van der Waals surface area contributed by atoms with Crippen LogP contribution in [0.1, 0.15) is 63.6 Å². The minimum Gasteiger partial charge on any atom is -0.450 e. The first-order chi connectivity index (χ1) is 17.4. The maximum atomic E-state index is 12.7. The number of nitrogens with one attached hydrogen (secondary N) is 2. The van der Waals surface area contributed by atoms with Crippen LogP contribution in [0.2, 0.25) is 5.28 Å². The molecule has 4 heterocycles. The number of halogens is 1. The molecule has 9 heteroatoms. The average Bonchev–Trinajstić information content (AvgIpc) is 3.14. The SMILES string of the molecule is CN(Cc1ccc(C2CCc3c(nc(Cl)[nH]c3=O)C2)nc1)c1ccc2c(c1)C(=O)OC21CCNCC1. The number of rotatable bonds is 4. The van der Waals surface area contributed by atoms with Gasteiger partial charge in [0.1, 0.15) is 5.60 Å². The summed E-state index contributed by atoms with van der Waals surface area (Å²) in [5.41, 5.74) is 5.64. The molecule has 0 radical (unpaired) electrons. The van der Waals surface area contributed by atoms with Crippen molar-refractivity contribution in [3.8, 4) is 0 Å². The fourth-order valence-electron chi connectivity index (χ4n) is 5.81. The van der Waals surface area contributed by atoms with Gasteiger partial charge >= 0.3 is 5.97 Å². The van der Waals surface area contributed by atoms with E-state index in [1.165, 1.54) is 0 Å². The Morgan fingerprint density at radius 1 is 1.19 bits per heavy atom. The lowest BCUT2D eigenvalue weighted by Gasteiger charge is -2.33. The molecule has 36 heavy (non-hydrogen) atoms. The van der Waals surface area contributed by atoms with Gasteiger partial charge in [0.15, 0.2) is 0 Å². The fraction of sp³-hybridized carbons (Fsp3) is 0.407. The monoisotopic (exact) mass is 505 g/mol. The molecule has 1 spiro atoms. The first-order valence-electron chi connectivity index (χ1n) is 12.4. The molecular formula is C27H28ClN5O3. The van der Waals surface area contributed by atoms with Crippen LogP contribution < -0.4 is 15.8 Å². The summed E-state index contributed by atoms with van der Waals surface area (Å²) in [6, 6.07) is 10.2. The number of benzene rings is 1. The maximum Gasteiger partial charge on any atom is 0.339 e. The first-order valence-corrected chi connectivity index (χ1v) is 12.8. The largest absolute Gasteiger partial charge is 0.450 e. The number of aromatic amines is 1. The smallest absolute Gasteiger partial charge is 0.339 e. The van der Waals surface area contributed by atoms with Crippen LogP contribution in [0.25, 0.3) is 0 Å². The normalized spacial score (nSPS) is 20.1. The number of hydrogen-bond acceptors (Lipinski definition) is 7. The van der Waals surface area contributed by atoms with E-state index >= 15 is 0 Å². The van der Waals surface area contributed by atoms with Gasteiger partial charge in [0, 0.05) is 61.1 Å². The van der Waals surface area contributed by atoms with E-state index < -0.39 is 5.60 Å². The van der Waals surface area contributed by atoms with Gasteiger partial charge in [-0.15, -0.1) is 0 Å². The van der Waals surface area contributed by atoms with Crippen LogP contribution in [0.4, 0.5) is 5.69 Å². The Kier molecular flexibility index (Phi) is 5.80. The summed E-state index contributed by atoms with van der Waals surface area (Å²) in [6.45, 7) is 2.37. The highest BCUT2D eigenvalue weighted by molar-refractivity contribution is 6.28. The van der Waals surface area contributed by atoms with Gasteiger partial charge in [0.2, 0.25) is 5.28 Å². The van der Waals surface area contributed by atoms with E-state index in [4.69, 9.17) is 21.3 Å². The Morgan fingerprint density at radius 2 is 2.03 bits per heavy atom. The molecule has 1 aliphatic carbocycles. The molecule has 0 saturated carbocycles. The number of hydrogen-bond donors (Lipinski definition) is 2. The van der Waals surface area contributed by atoms with Crippen LogP contribution in [0, 0.1) is 0 Å². The van der Waals surface area contributed by atoms with Gasteiger partial charge in [0.05, 0.1) is 11.3 Å². The average molecular weight is 506 g/mol. The summed E-state index contributed by atoms with van der Waals surface area (Å²) in [6.07, 6.45) is 5.72. The van der Waals surface area contributed by atoms with E-state index in [0.29, 0.717) is 24.9 Å². The van der Waals surface area contributed by atoms with Crippen LogP contribution in [0.15, 0.2) is 41.3 Å².